The SMILES string of the molecule is O=P(c1ccccc1)(c1ccccc1)c1ccc2oc3ccc(-c4ccc5oc6ccc(-c7ccc8ccc9cccc%10ccc7c8c9%10)cc6c5c4)cc3c2c1. The molecule has 10 aromatic carbocycles. The zero-order valence-electron chi connectivity index (χ0n) is 30.1. The summed E-state index contributed by atoms with van der Waals surface area (Å²) in [5.74, 6) is 0. The van der Waals surface area contributed by atoms with E-state index in [4.69, 9.17) is 8.83 Å². The quantitative estimate of drug-likeness (QED) is 0.131. The highest BCUT2D eigenvalue weighted by molar-refractivity contribution is 7.85. The van der Waals surface area contributed by atoms with Crippen LogP contribution in [0.2, 0.25) is 0 Å². The number of benzene rings is 10. The van der Waals surface area contributed by atoms with E-state index in [-0.39, 0.29) is 0 Å². The van der Waals surface area contributed by atoms with Crippen LogP contribution in [-0.2, 0) is 4.57 Å². The van der Waals surface area contributed by atoms with Crippen LogP contribution < -0.4 is 15.9 Å². The molecule has 0 aliphatic rings. The lowest BCUT2D eigenvalue weighted by atomic mass is 9.89. The molecule has 0 saturated heterocycles. The van der Waals surface area contributed by atoms with Gasteiger partial charge < -0.3 is 13.4 Å². The molecule has 0 unspecified atom stereocenters. The number of hydrogen-bond donors (Lipinski definition) is 0. The Bertz CT molecular complexity index is 3500. The Morgan fingerprint density at radius 3 is 1.38 bits per heavy atom. The van der Waals surface area contributed by atoms with Gasteiger partial charge in [-0.1, -0.05) is 133 Å². The van der Waals surface area contributed by atoms with E-state index in [1.165, 1.54) is 37.9 Å². The molecule has 0 amide bonds. The topological polar surface area (TPSA) is 43.4 Å². The van der Waals surface area contributed by atoms with E-state index in [0.29, 0.717) is 0 Å². The van der Waals surface area contributed by atoms with Gasteiger partial charge in [0.15, 0.2) is 7.14 Å². The maximum absolute atomic E-state index is 15.2. The summed E-state index contributed by atoms with van der Waals surface area (Å²) < 4.78 is 28.0. The summed E-state index contributed by atoms with van der Waals surface area (Å²) in [6.45, 7) is 0. The minimum Gasteiger partial charge on any atom is -0.456 e. The average molecular weight is 735 g/mol. The van der Waals surface area contributed by atoms with Gasteiger partial charge in [-0.3, -0.25) is 0 Å². The van der Waals surface area contributed by atoms with E-state index in [0.717, 1.165) is 76.5 Å². The third kappa shape index (κ3) is 4.56. The Labute approximate surface area is 321 Å². The molecule has 2 aromatic heterocycles. The second-order valence-corrected chi connectivity index (χ2v) is 17.5. The zero-order valence-corrected chi connectivity index (χ0v) is 31.0. The summed E-state index contributed by atoms with van der Waals surface area (Å²) in [6.07, 6.45) is 0. The fraction of sp³-hybridized carbons (Fsp3) is 0. The first-order chi connectivity index (χ1) is 27.6. The molecule has 262 valence electrons. The lowest BCUT2D eigenvalue weighted by Crippen LogP contribution is -2.24. The summed E-state index contributed by atoms with van der Waals surface area (Å²) >= 11 is 0. The molecule has 0 atom stereocenters. The van der Waals surface area contributed by atoms with Crippen LogP contribution in [0.3, 0.4) is 0 Å². The summed E-state index contributed by atoms with van der Waals surface area (Å²) in [6, 6.07) is 65.0. The molecule has 4 heteroatoms. The Morgan fingerprint density at radius 2 is 0.786 bits per heavy atom. The van der Waals surface area contributed by atoms with Crippen molar-refractivity contribution >= 4 is 99.2 Å². The highest BCUT2D eigenvalue weighted by Crippen LogP contribution is 2.45. The van der Waals surface area contributed by atoms with Crippen LogP contribution in [0.1, 0.15) is 0 Å². The highest BCUT2D eigenvalue weighted by atomic mass is 31.2. The Kier molecular flexibility index (Phi) is 6.61. The number of furan rings is 2. The molecule has 2 heterocycles. The first-order valence-electron chi connectivity index (χ1n) is 18.9. The molecule has 0 saturated carbocycles. The Hall–Kier alpha value is -6.93. The molecule has 0 spiro atoms. The molecular formula is C52H31O3P. The smallest absolute Gasteiger partial charge is 0.171 e. The molecule has 0 aliphatic heterocycles. The second kappa shape index (κ2) is 11.8. The van der Waals surface area contributed by atoms with Crippen LogP contribution in [0.25, 0.3) is 98.4 Å². The summed E-state index contributed by atoms with van der Waals surface area (Å²) in [4.78, 5) is 0. The van der Waals surface area contributed by atoms with Crippen molar-refractivity contribution in [1.82, 2.24) is 0 Å². The predicted octanol–water partition coefficient (Wildman–Crippen LogP) is 13.4. The summed E-state index contributed by atoms with van der Waals surface area (Å²) in [7, 11) is -3.16. The fourth-order valence-electron chi connectivity index (χ4n) is 8.98. The van der Waals surface area contributed by atoms with E-state index in [1.807, 2.05) is 78.9 Å². The van der Waals surface area contributed by atoms with Crippen molar-refractivity contribution in [3.63, 3.8) is 0 Å². The highest BCUT2D eigenvalue weighted by Gasteiger charge is 2.30. The maximum Gasteiger partial charge on any atom is 0.171 e. The van der Waals surface area contributed by atoms with Gasteiger partial charge >= 0.3 is 0 Å². The van der Waals surface area contributed by atoms with Crippen molar-refractivity contribution in [2.75, 3.05) is 0 Å². The number of rotatable bonds is 5. The van der Waals surface area contributed by atoms with E-state index < -0.39 is 7.14 Å². The second-order valence-electron chi connectivity index (χ2n) is 14.8. The lowest BCUT2D eigenvalue weighted by molar-refractivity contribution is 0.592. The Morgan fingerprint density at radius 1 is 0.321 bits per heavy atom. The van der Waals surface area contributed by atoms with Crippen molar-refractivity contribution in [1.29, 1.82) is 0 Å². The van der Waals surface area contributed by atoms with Crippen molar-refractivity contribution in [2.24, 2.45) is 0 Å². The fourth-order valence-corrected chi connectivity index (χ4v) is 11.6. The summed E-state index contributed by atoms with van der Waals surface area (Å²) in [5.41, 5.74) is 7.81. The van der Waals surface area contributed by atoms with Gasteiger partial charge in [-0.05, 0) is 109 Å². The van der Waals surface area contributed by atoms with Crippen molar-refractivity contribution in [3.05, 3.63) is 188 Å². The van der Waals surface area contributed by atoms with Gasteiger partial charge in [0.05, 0.1) is 0 Å². The molecule has 56 heavy (non-hydrogen) atoms. The van der Waals surface area contributed by atoms with Crippen LogP contribution in [-0.4, -0.2) is 0 Å². The van der Waals surface area contributed by atoms with Crippen LogP contribution >= 0.6 is 7.14 Å². The molecule has 0 aliphatic carbocycles. The van der Waals surface area contributed by atoms with Crippen LogP contribution in [0.4, 0.5) is 0 Å². The minimum atomic E-state index is -3.16. The normalized spacial score (nSPS) is 12.4. The standard InChI is InChI=1S/C52H31O3P/c53-56(38-10-3-1-4-11-38,39-12-5-2-6-13-39)40-21-27-50-46(31-40)44-29-36(19-25-48(44)55-50)35-18-24-47-43(28-35)45-30-37(20-26-49(45)54-47)41-22-16-34-15-14-32-8-7-9-33-17-23-42(41)52(34)51(32)33/h1-31H. The third-order valence-corrected chi connectivity index (χ3v) is 14.8. The van der Waals surface area contributed by atoms with Crippen LogP contribution in [0.15, 0.2) is 197 Å². The molecule has 0 radical (unpaired) electrons. The average Bonchev–Trinajstić information content (AvgIpc) is 3.82. The molecule has 3 nitrogen and oxygen atoms in total. The van der Waals surface area contributed by atoms with Gasteiger partial charge in [0.2, 0.25) is 0 Å². The monoisotopic (exact) mass is 734 g/mol. The zero-order chi connectivity index (χ0) is 37.0. The predicted molar refractivity (Wildman–Crippen MR) is 235 cm³/mol. The summed E-state index contributed by atoms with van der Waals surface area (Å²) in [5, 5.41) is 14.2. The van der Waals surface area contributed by atoms with Gasteiger partial charge in [0, 0.05) is 37.5 Å². The van der Waals surface area contributed by atoms with Gasteiger partial charge in [-0.15, -0.1) is 0 Å². The van der Waals surface area contributed by atoms with E-state index in [1.54, 1.807) is 0 Å². The van der Waals surface area contributed by atoms with Crippen molar-refractivity contribution < 1.29 is 13.4 Å². The molecule has 12 rings (SSSR count). The van der Waals surface area contributed by atoms with E-state index in [2.05, 4.69) is 109 Å². The van der Waals surface area contributed by atoms with Gasteiger partial charge in [-0.25, -0.2) is 0 Å². The molecule has 12 aromatic rings. The van der Waals surface area contributed by atoms with Crippen molar-refractivity contribution in [3.8, 4) is 22.3 Å². The first-order valence-corrected chi connectivity index (χ1v) is 20.6. The third-order valence-electron chi connectivity index (χ3n) is 11.7. The molecular weight excluding hydrogens is 704 g/mol. The molecule has 0 fully saturated rings. The van der Waals surface area contributed by atoms with Crippen molar-refractivity contribution in [2.45, 2.75) is 0 Å². The van der Waals surface area contributed by atoms with Gasteiger partial charge in [0.25, 0.3) is 0 Å². The maximum atomic E-state index is 15.2. The van der Waals surface area contributed by atoms with Gasteiger partial charge in [0.1, 0.15) is 22.3 Å². The Balaban J connectivity index is 0.991. The minimum absolute atomic E-state index is 0.768. The molecule has 0 bridgehead atoms. The van der Waals surface area contributed by atoms with Crippen LogP contribution in [0, 0.1) is 0 Å². The van der Waals surface area contributed by atoms with Crippen LogP contribution in [0.5, 0.6) is 0 Å². The first kappa shape index (κ1) is 31.4. The lowest BCUT2D eigenvalue weighted by Gasteiger charge is -2.20. The largest absolute Gasteiger partial charge is 0.456 e. The van der Waals surface area contributed by atoms with E-state index in [9.17, 15) is 0 Å². The van der Waals surface area contributed by atoms with E-state index >= 15 is 4.57 Å². The number of fused-ring (bicyclic) bond motifs is 6. The van der Waals surface area contributed by atoms with Gasteiger partial charge in [-0.2, -0.15) is 0 Å². The molecule has 0 N–H and O–H groups in total. The number of hydrogen-bond acceptors (Lipinski definition) is 3.